The van der Waals surface area contributed by atoms with E-state index in [1.165, 1.54) is 26.5 Å². The Hall–Kier alpha value is -3.41. The highest BCUT2D eigenvalue weighted by molar-refractivity contribution is 7.98. The van der Waals surface area contributed by atoms with E-state index in [-0.39, 0.29) is 17.5 Å². The van der Waals surface area contributed by atoms with Gasteiger partial charge in [-0.05, 0) is 30.5 Å². The molecule has 31 heavy (non-hydrogen) atoms. The second-order valence-electron chi connectivity index (χ2n) is 5.83. The fraction of sp³-hybridized carbons (Fsp3) is 0.263. The molecule has 0 N–H and O–H groups in total. The van der Waals surface area contributed by atoms with Gasteiger partial charge in [0.05, 0.1) is 20.4 Å². The number of hydrogen-bond donors (Lipinski definition) is 0. The number of hydrogen-bond acceptors (Lipinski definition) is 9. The van der Waals surface area contributed by atoms with E-state index in [1.807, 2.05) is 0 Å². The van der Waals surface area contributed by atoms with Crippen molar-refractivity contribution >= 4 is 23.9 Å². The summed E-state index contributed by atoms with van der Waals surface area (Å²) in [7, 11) is 2.71. The number of thioether (sulfide) groups is 1. The smallest absolute Gasteiger partial charge is 0.373 e. The zero-order valence-corrected chi connectivity index (χ0v) is 17.6. The highest BCUT2D eigenvalue weighted by Crippen LogP contribution is 2.31. The molecule has 2 aromatic heterocycles. The summed E-state index contributed by atoms with van der Waals surface area (Å²) < 4.78 is 48.5. The molecule has 164 valence electrons. The van der Waals surface area contributed by atoms with E-state index in [0.29, 0.717) is 22.8 Å². The van der Waals surface area contributed by atoms with Crippen LogP contribution in [0.25, 0.3) is 0 Å². The molecule has 0 radical (unpaired) electrons. The van der Waals surface area contributed by atoms with Gasteiger partial charge in [0.2, 0.25) is 16.7 Å². The van der Waals surface area contributed by atoms with Gasteiger partial charge in [0.1, 0.15) is 12.4 Å². The van der Waals surface area contributed by atoms with Gasteiger partial charge >= 0.3 is 5.97 Å². The Balaban J connectivity index is 1.88. The minimum Gasteiger partial charge on any atom is -0.493 e. The lowest BCUT2D eigenvalue weighted by molar-refractivity contribution is 0.0561. The molecule has 3 aromatic rings. The molecule has 3 rings (SSSR count). The van der Waals surface area contributed by atoms with Gasteiger partial charge in [-0.25, -0.2) is 13.6 Å². The lowest BCUT2D eigenvalue weighted by atomic mass is 10.2. The van der Waals surface area contributed by atoms with Crippen molar-refractivity contribution in [3.05, 3.63) is 53.2 Å². The minimum atomic E-state index is -2.84. The number of esters is 1. The predicted molar refractivity (Wildman–Crippen MR) is 107 cm³/mol. The SMILES string of the molecule is COC(=O)c1ccc(COc2c(/C=N\n3c(SC)nnc3C(F)F)cccc2OC)o1. The van der Waals surface area contributed by atoms with E-state index in [4.69, 9.17) is 13.9 Å². The minimum absolute atomic E-state index is 0.0246. The number of methoxy groups -OCH3 is 2. The molecule has 0 amide bonds. The average molecular weight is 452 g/mol. The summed E-state index contributed by atoms with van der Waals surface area (Å²) in [6.07, 6.45) is 0.182. The summed E-state index contributed by atoms with van der Waals surface area (Å²) >= 11 is 1.13. The lowest BCUT2D eigenvalue weighted by Gasteiger charge is -2.12. The monoisotopic (exact) mass is 452 g/mol. The molecule has 9 nitrogen and oxygen atoms in total. The van der Waals surface area contributed by atoms with E-state index < -0.39 is 18.2 Å². The number of halogens is 2. The third-order valence-electron chi connectivity index (χ3n) is 3.96. The van der Waals surface area contributed by atoms with Gasteiger partial charge in [0.15, 0.2) is 11.5 Å². The quantitative estimate of drug-likeness (QED) is 0.275. The van der Waals surface area contributed by atoms with Crippen molar-refractivity contribution in [1.29, 1.82) is 0 Å². The van der Waals surface area contributed by atoms with Crippen LogP contribution in [0.15, 0.2) is 45.0 Å². The van der Waals surface area contributed by atoms with E-state index in [0.717, 1.165) is 16.4 Å². The van der Waals surface area contributed by atoms with Gasteiger partial charge < -0.3 is 18.6 Å². The molecule has 0 atom stereocenters. The molecule has 2 heterocycles. The number of aromatic nitrogens is 3. The number of para-hydroxylation sites is 1. The van der Waals surface area contributed by atoms with E-state index >= 15 is 0 Å². The Morgan fingerprint density at radius 2 is 2.10 bits per heavy atom. The molecule has 0 saturated carbocycles. The summed E-state index contributed by atoms with van der Waals surface area (Å²) in [5, 5.41) is 11.5. The number of benzene rings is 1. The van der Waals surface area contributed by atoms with Crippen LogP contribution < -0.4 is 9.47 Å². The van der Waals surface area contributed by atoms with Gasteiger partial charge in [-0.1, -0.05) is 17.8 Å². The topological polar surface area (TPSA) is 101 Å². The third kappa shape index (κ3) is 5.02. The standard InChI is InChI=1S/C19H18F2N4O5S/c1-27-13-6-4-5-11(9-22-25-17(16(20)21)23-24-19(25)31-3)15(13)29-10-12-7-8-14(30-12)18(26)28-2/h4-9,16H,10H2,1-3H3/b22-9-. The first kappa shape index (κ1) is 22.3. The Morgan fingerprint density at radius 1 is 1.29 bits per heavy atom. The Morgan fingerprint density at radius 3 is 2.77 bits per heavy atom. The molecule has 0 unspecified atom stereocenters. The Kier molecular flexibility index (Phi) is 7.23. The number of carbonyl (C=O) groups excluding carboxylic acids is 1. The molecular weight excluding hydrogens is 434 g/mol. The normalized spacial score (nSPS) is 11.3. The van der Waals surface area contributed by atoms with Crippen molar-refractivity contribution in [2.24, 2.45) is 5.10 Å². The van der Waals surface area contributed by atoms with Crippen LogP contribution in [0.3, 0.4) is 0 Å². The number of alkyl halides is 2. The molecule has 0 aliphatic carbocycles. The first-order valence-corrected chi connectivity index (χ1v) is 9.99. The van der Waals surface area contributed by atoms with E-state index in [2.05, 4.69) is 20.0 Å². The molecule has 12 heteroatoms. The van der Waals surface area contributed by atoms with E-state index in [1.54, 1.807) is 30.5 Å². The third-order valence-corrected chi connectivity index (χ3v) is 4.58. The first-order chi connectivity index (χ1) is 15.0. The Labute approximate surface area is 180 Å². The molecule has 0 aliphatic heterocycles. The average Bonchev–Trinajstić information content (AvgIpc) is 3.42. The predicted octanol–water partition coefficient (Wildman–Crippen LogP) is 3.79. The lowest BCUT2D eigenvalue weighted by Crippen LogP contribution is -2.03. The van der Waals surface area contributed by atoms with Crippen LogP contribution in [0, 0.1) is 0 Å². The number of furan rings is 1. The summed E-state index contributed by atoms with van der Waals surface area (Å²) in [6.45, 7) is -0.0246. The van der Waals surface area contributed by atoms with Crippen molar-refractivity contribution in [2.75, 3.05) is 20.5 Å². The van der Waals surface area contributed by atoms with Crippen molar-refractivity contribution in [2.45, 2.75) is 18.2 Å². The fourth-order valence-electron chi connectivity index (χ4n) is 2.53. The highest BCUT2D eigenvalue weighted by atomic mass is 32.2. The van der Waals surface area contributed by atoms with Crippen LogP contribution in [0.4, 0.5) is 8.78 Å². The van der Waals surface area contributed by atoms with Crippen LogP contribution in [0.2, 0.25) is 0 Å². The maximum atomic E-state index is 13.2. The zero-order valence-electron chi connectivity index (χ0n) is 16.7. The maximum Gasteiger partial charge on any atom is 0.373 e. The fourth-order valence-corrected chi connectivity index (χ4v) is 2.96. The number of nitrogens with zero attached hydrogens (tertiary/aromatic N) is 4. The number of ether oxygens (including phenoxy) is 3. The second kappa shape index (κ2) is 10.1. The van der Waals surface area contributed by atoms with Crippen LogP contribution in [-0.4, -0.2) is 47.5 Å². The highest BCUT2D eigenvalue weighted by Gasteiger charge is 2.20. The summed E-state index contributed by atoms with van der Waals surface area (Å²) in [4.78, 5) is 11.5. The molecule has 0 bridgehead atoms. The second-order valence-corrected chi connectivity index (χ2v) is 6.60. The molecule has 0 spiro atoms. The van der Waals surface area contributed by atoms with Crippen LogP contribution in [0.5, 0.6) is 11.5 Å². The Bertz CT molecular complexity index is 1080. The van der Waals surface area contributed by atoms with Gasteiger partial charge in [-0.2, -0.15) is 9.78 Å². The number of carbonyl (C=O) groups is 1. The first-order valence-electron chi connectivity index (χ1n) is 8.77. The number of rotatable bonds is 9. The van der Waals surface area contributed by atoms with Crippen LogP contribution >= 0.6 is 11.8 Å². The van der Waals surface area contributed by atoms with Crippen LogP contribution in [0.1, 0.15) is 34.1 Å². The maximum absolute atomic E-state index is 13.2. The van der Waals surface area contributed by atoms with Crippen molar-refractivity contribution in [1.82, 2.24) is 14.9 Å². The summed E-state index contributed by atoms with van der Waals surface area (Å²) in [6, 6.07) is 8.09. The van der Waals surface area contributed by atoms with E-state index in [9.17, 15) is 13.6 Å². The molecular formula is C19H18F2N4O5S. The van der Waals surface area contributed by atoms with Crippen molar-refractivity contribution in [3.63, 3.8) is 0 Å². The van der Waals surface area contributed by atoms with Gasteiger partial charge in [0.25, 0.3) is 6.43 Å². The van der Waals surface area contributed by atoms with Crippen molar-refractivity contribution < 1.29 is 32.2 Å². The van der Waals surface area contributed by atoms with Gasteiger partial charge in [-0.3, -0.25) is 0 Å². The van der Waals surface area contributed by atoms with Crippen molar-refractivity contribution in [3.8, 4) is 11.5 Å². The van der Waals surface area contributed by atoms with Gasteiger partial charge in [-0.15, -0.1) is 10.2 Å². The van der Waals surface area contributed by atoms with Crippen LogP contribution in [-0.2, 0) is 11.3 Å². The van der Waals surface area contributed by atoms with Gasteiger partial charge in [0, 0.05) is 5.56 Å². The molecule has 1 aromatic carbocycles. The summed E-state index contributed by atoms with van der Waals surface area (Å²) in [5.41, 5.74) is 0.458. The largest absolute Gasteiger partial charge is 0.493 e. The zero-order chi connectivity index (χ0) is 22.4. The molecule has 0 saturated heterocycles. The molecule has 0 fully saturated rings. The summed E-state index contributed by atoms with van der Waals surface area (Å²) in [5.74, 6) is -0.0623. The molecule has 0 aliphatic rings.